The highest BCUT2D eigenvalue weighted by molar-refractivity contribution is 7.99. The van der Waals surface area contributed by atoms with Crippen LogP contribution in [0.4, 0.5) is 0 Å². The van der Waals surface area contributed by atoms with Gasteiger partial charge in [0, 0.05) is 12.7 Å². The maximum absolute atomic E-state index is 11.5. The van der Waals surface area contributed by atoms with E-state index in [9.17, 15) is 9.59 Å². The van der Waals surface area contributed by atoms with Crippen LogP contribution in [0.15, 0.2) is 23.5 Å². The summed E-state index contributed by atoms with van der Waals surface area (Å²) in [5, 5.41) is 9.32. The summed E-state index contributed by atoms with van der Waals surface area (Å²) in [6.07, 6.45) is 1.83. The minimum absolute atomic E-state index is 0.0945. The Balaban J connectivity index is 2.22. The van der Waals surface area contributed by atoms with E-state index >= 15 is 0 Å². The zero-order chi connectivity index (χ0) is 15.2. The second-order valence-electron chi connectivity index (χ2n) is 4.13. The van der Waals surface area contributed by atoms with E-state index in [-0.39, 0.29) is 18.1 Å². The van der Waals surface area contributed by atoms with E-state index in [1.165, 1.54) is 0 Å². The number of ether oxygens (including phenoxy) is 1. The van der Waals surface area contributed by atoms with Crippen molar-refractivity contribution in [1.29, 1.82) is 0 Å². The van der Waals surface area contributed by atoms with Gasteiger partial charge in [0.15, 0.2) is 10.8 Å². The average molecular weight is 309 g/mol. The van der Waals surface area contributed by atoms with Crippen LogP contribution in [0.5, 0.6) is 0 Å². The second kappa shape index (κ2) is 7.07. The number of carboxylic acids is 1. The summed E-state index contributed by atoms with van der Waals surface area (Å²) in [4.78, 5) is 30.8. The molecule has 0 amide bonds. The van der Waals surface area contributed by atoms with Gasteiger partial charge >= 0.3 is 11.9 Å². The van der Waals surface area contributed by atoms with Crippen molar-refractivity contribution in [2.45, 2.75) is 25.0 Å². The van der Waals surface area contributed by atoms with E-state index in [0.717, 1.165) is 11.8 Å². The van der Waals surface area contributed by atoms with Crippen LogP contribution in [0.3, 0.4) is 0 Å². The topological polar surface area (TPSA) is 94.3 Å². The minimum atomic E-state index is -0.919. The number of rotatable bonds is 7. The number of pyridine rings is 1. The Kier molecular flexibility index (Phi) is 5.15. The molecular formula is C13H15N3O4S. The smallest absolute Gasteiger partial charge is 0.313 e. The predicted molar refractivity (Wildman–Crippen MR) is 77.1 cm³/mol. The van der Waals surface area contributed by atoms with Crippen molar-refractivity contribution in [2.24, 2.45) is 0 Å². The van der Waals surface area contributed by atoms with E-state index in [0.29, 0.717) is 29.5 Å². The Hall–Kier alpha value is -2.09. The summed E-state index contributed by atoms with van der Waals surface area (Å²) in [5.74, 6) is -1.32. The van der Waals surface area contributed by atoms with Gasteiger partial charge in [-0.2, -0.15) is 0 Å². The molecule has 21 heavy (non-hydrogen) atoms. The quantitative estimate of drug-likeness (QED) is 0.612. The van der Waals surface area contributed by atoms with E-state index in [1.54, 1.807) is 29.8 Å². The molecule has 8 heteroatoms. The van der Waals surface area contributed by atoms with E-state index in [4.69, 9.17) is 9.84 Å². The molecular weight excluding hydrogens is 294 g/mol. The Morgan fingerprint density at radius 2 is 2.29 bits per heavy atom. The molecule has 0 aliphatic carbocycles. The molecule has 2 aromatic rings. The highest BCUT2D eigenvalue weighted by atomic mass is 32.2. The minimum Gasteiger partial charge on any atom is -0.481 e. The zero-order valence-corrected chi connectivity index (χ0v) is 12.3. The summed E-state index contributed by atoms with van der Waals surface area (Å²) in [7, 11) is 0. The number of hydrogen-bond donors (Lipinski definition) is 1. The molecule has 2 rings (SSSR count). The van der Waals surface area contributed by atoms with Gasteiger partial charge in [0.05, 0.1) is 18.8 Å². The number of carbonyl (C=O) groups is 2. The van der Waals surface area contributed by atoms with Crippen molar-refractivity contribution >= 4 is 34.9 Å². The number of aryl methyl sites for hydroxylation is 1. The molecule has 0 spiro atoms. The van der Waals surface area contributed by atoms with Gasteiger partial charge in [-0.3, -0.25) is 9.59 Å². The Bertz CT molecular complexity index is 656. The van der Waals surface area contributed by atoms with E-state index in [2.05, 4.69) is 9.97 Å². The Labute approximate surface area is 125 Å². The molecule has 0 atom stereocenters. The molecule has 0 radical (unpaired) electrons. The van der Waals surface area contributed by atoms with Crippen molar-refractivity contribution in [3.05, 3.63) is 18.3 Å². The summed E-state index contributed by atoms with van der Waals surface area (Å²) in [6, 6.07) is 3.56. The van der Waals surface area contributed by atoms with Crippen LogP contribution < -0.4 is 0 Å². The molecule has 0 aliphatic heterocycles. The standard InChI is InChI=1S/C13H15N3O4S/c1-2-20-11(19)5-7-16-12-9(4-3-6-14-12)15-13(16)21-8-10(17)18/h3-4,6H,2,5,7-8H2,1H3,(H,17,18). The molecule has 2 heterocycles. The molecule has 0 bridgehead atoms. The lowest BCUT2D eigenvalue weighted by Gasteiger charge is -2.07. The second-order valence-corrected chi connectivity index (χ2v) is 5.07. The summed E-state index contributed by atoms with van der Waals surface area (Å²) in [6.45, 7) is 2.44. The molecule has 2 aromatic heterocycles. The van der Waals surface area contributed by atoms with Crippen molar-refractivity contribution in [2.75, 3.05) is 12.4 Å². The first-order chi connectivity index (χ1) is 10.1. The summed E-state index contributed by atoms with van der Waals surface area (Å²) < 4.78 is 6.65. The predicted octanol–water partition coefficient (Wildman–Crippen LogP) is 1.56. The van der Waals surface area contributed by atoms with Gasteiger partial charge in [0.25, 0.3) is 0 Å². The Morgan fingerprint density at radius 1 is 1.48 bits per heavy atom. The SMILES string of the molecule is CCOC(=O)CCn1c(SCC(=O)O)nc2cccnc21. The van der Waals surface area contributed by atoms with Gasteiger partial charge in [-0.15, -0.1) is 0 Å². The lowest BCUT2D eigenvalue weighted by atomic mass is 10.4. The molecule has 112 valence electrons. The maximum Gasteiger partial charge on any atom is 0.313 e. The first kappa shape index (κ1) is 15.3. The van der Waals surface area contributed by atoms with Crippen LogP contribution in [-0.4, -0.2) is 43.9 Å². The average Bonchev–Trinajstić information content (AvgIpc) is 2.81. The molecule has 0 saturated heterocycles. The summed E-state index contributed by atoms with van der Waals surface area (Å²) in [5.41, 5.74) is 1.31. The van der Waals surface area contributed by atoms with Crippen LogP contribution in [-0.2, 0) is 20.9 Å². The highest BCUT2D eigenvalue weighted by Crippen LogP contribution is 2.23. The van der Waals surface area contributed by atoms with Crippen molar-refractivity contribution in [3.8, 4) is 0 Å². The van der Waals surface area contributed by atoms with Crippen LogP contribution in [0, 0.1) is 0 Å². The zero-order valence-electron chi connectivity index (χ0n) is 11.5. The molecule has 0 aliphatic rings. The van der Waals surface area contributed by atoms with Crippen LogP contribution in [0.2, 0.25) is 0 Å². The first-order valence-corrected chi connectivity index (χ1v) is 7.42. The van der Waals surface area contributed by atoms with E-state index in [1.807, 2.05) is 0 Å². The normalized spacial score (nSPS) is 10.7. The number of imidazole rings is 1. The molecule has 0 fully saturated rings. The first-order valence-electron chi connectivity index (χ1n) is 6.43. The third kappa shape index (κ3) is 3.94. The third-order valence-electron chi connectivity index (χ3n) is 2.64. The molecule has 0 aromatic carbocycles. The van der Waals surface area contributed by atoms with Crippen LogP contribution >= 0.6 is 11.8 Å². The summed E-state index contributed by atoms with van der Waals surface area (Å²) >= 11 is 1.11. The monoisotopic (exact) mass is 309 g/mol. The molecule has 0 saturated carbocycles. The van der Waals surface area contributed by atoms with Crippen molar-refractivity contribution in [3.63, 3.8) is 0 Å². The van der Waals surface area contributed by atoms with Crippen molar-refractivity contribution < 1.29 is 19.4 Å². The lowest BCUT2D eigenvalue weighted by molar-refractivity contribution is -0.143. The number of esters is 1. The Morgan fingerprint density at radius 3 is 3.00 bits per heavy atom. The van der Waals surface area contributed by atoms with E-state index < -0.39 is 5.97 Å². The van der Waals surface area contributed by atoms with Gasteiger partial charge in [0.1, 0.15) is 5.52 Å². The number of thioether (sulfide) groups is 1. The number of fused-ring (bicyclic) bond motifs is 1. The maximum atomic E-state index is 11.5. The van der Waals surface area contributed by atoms with Gasteiger partial charge in [-0.05, 0) is 19.1 Å². The molecule has 7 nitrogen and oxygen atoms in total. The van der Waals surface area contributed by atoms with Crippen LogP contribution in [0.1, 0.15) is 13.3 Å². The number of carboxylic acid groups (broad SMARTS) is 1. The highest BCUT2D eigenvalue weighted by Gasteiger charge is 2.14. The largest absolute Gasteiger partial charge is 0.481 e. The number of carbonyl (C=O) groups excluding carboxylic acids is 1. The van der Waals surface area contributed by atoms with Crippen LogP contribution in [0.25, 0.3) is 11.2 Å². The number of aromatic nitrogens is 3. The van der Waals surface area contributed by atoms with Crippen molar-refractivity contribution in [1.82, 2.24) is 14.5 Å². The van der Waals surface area contributed by atoms with Gasteiger partial charge in [-0.25, -0.2) is 9.97 Å². The number of aliphatic carboxylic acids is 1. The molecule has 0 unspecified atom stereocenters. The number of nitrogens with zero attached hydrogens (tertiary/aromatic N) is 3. The lowest BCUT2D eigenvalue weighted by Crippen LogP contribution is -2.10. The van der Waals surface area contributed by atoms with Gasteiger partial charge < -0.3 is 14.4 Å². The fourth-order valence-electron chi connectivity index (χ4n) is 1.81. The molecule has 1 N–H and O–H groups in total. The fraction of sp³-hybridized carbons (Fsp3) is 0.385. The van der Waals surface area contributed by atoms with Gasteiger partial charge in [-0.1, -0.05) is 11.8 Å². The number of hydrogen-bond acceptors (Lipinski definition) is 6. The third-order valence-corrected chi connectivity index (χ3v) is 3.60. The van der Waals surface area contributed by atoms with Gasteiger partial charge in [0.2, 0.25) is 0 Å². The fourth-order valence-corrected chi connectivity index (χ4v) is 2.56.